The van der Waals surface area contributed by atoms with E-state index in [1.807, 2.05) is 32.2 Å². The lowest BCUT2D eigenvalue weighted by Crippen LogP contribution is -2.44. The Morgan fingerprint density at radius 1 is 1.52 bits per heavy atom. The number of aryl methyl sites for hydroxylation is 1. The van der Waals surface area contributed by atoms with Crippen LogP contribution in [0.25, 0.3) is 0 Å². The molecule has 0 atom stereocenters. The van der Waals surface area contributed by atoms with Gasteiger partial charge in [-0.05, 0) is 24.3 Å². The predicted molar refractivity (Wildman–Crippen MR) is 86.5 cm³/mol. The normalized spacial score (nSPS) is 21.1. The molecule has 116 valence electrons. The molecule has 2 rings (SSSR count). The summed E-state index contributed by atoms with van der Waals surface area (Å²) in [5, 5.41) is 0. The molecule has 1 aromatic rings. The standard InChI is InChI=1S/C16H24N2O2S/c1-11(2)15(19)5-4-12-6-7-17-16(8-12)20-14-9-13(10-14)18-21-3/h6-8,11,13-14,18H,4-5,9-10H2,1-3H3/t13-,14+. The van der Waals surface area contributed by atoms with Crippen molar-refractivity contribution >= 4 is 17.7 Å². The SMILES string of the molecule is CSN[C@H]1C[C@@H](Oc2cc(CCC(=O)C(C)C)ccn2)C1. The summed E-state index contributed by atoms with van der Waals surface area (Å²) in [6, 6.07) is 4.47. The molecule has 0 spiro atoms. The molecule has 0 aromatic carbocycles. The molecule has 1 fully saturated rings. The number of aromatic nitrogens is 1. The summed E-state index contributed by atoms with van der Waals surface area (Å²) in [5.41, 5.74) is 1.12. The maximum atomic E-state index is 11.7. The first kappa shape index (κ1) is 16.3. The molecule has 0 saturated heterocycles. The van der Waals surface area contributed by atoms with Crippen molar-refractivity contribution in [1.29, 1.82) is 0 Å². The van der Waals surface area contributed by atoms with E-state index >= 15 is 0 Å². The Hall–Kier alpha value is -1.07. The molecule has 0 bridgehead atoms. The van der Waals surface area contributed by atoms with Crippen LogP contribution in [0.15, 0.2) is 18.3 Å². The van der Waals surface area contributed by atoms with E-state index in [4.69, 9.17) is 4.74 Å². The van der Waals surface area contributed by atoms with Crippen molar-refractivity contribution in [2.24, 2.45) is 5.92 Å². The summed E-state index contributed by atoms with van der Waals surface area (Å²) >= 11 is 1.65. The van der Waals surface area contributed by atoms with Crippen molar-refractivity contribution in [3.05, 3.63) is 23.9 Å². The summed E-state index contributed by atoms with van der Waals surface area (Å²) in [6.45, 7) is 3.89. The molecule has 0 amide bonds. The highest BCUT2D eigenvalue weighted by Crippen LogP contribution is 2.26. The minimum Gasteiger partial charge on any atom is -0.474 e. The molecular weight excluding hydrogens is 284 g/mol. The van der Waals surface area contributed by atoms with E-state index in [0.717, 1.165) is 24.8 Å². The second kappa shape index (κ2) is 7.80. The van der Waals surface area contributed by atoms with Gasteiger partial charge in [-0.15, -0.1) is 0 Å². The minimum absolute atomic E-state index is 0.110. The zero-order valence-electron chi connectivity index (χ0n) is 13.0. The third-order valence-corrected chi connectivity index (χ3v) is 4.34. The topological polar surface area (TPSA) is 51.2 Å². The molecule has 1 aromatic heterocycles. The van der Waals surface area contributed by atoms with Gasteiger partial charge in [0.25, 0.3) is 0 Å². The number of nitrogens with one attached hydrogen (secondary N) is 1. The molecule has 0 aliphatic heterocycles. The fourth-order valence-electron chi connectivity index (χ4n) is 2.32. The molecule has 1 heterocycles. The summed E-state index contributed by atoms with van der Waals surface area (Å²) in [4.78, 5) is 15.9. The number of rotatable bonds is 8. The van der Waals surface area contributed by atoms with Crippen LogP contribution >= 0.6 is 11.9 Å². The first-order valence-corrected chi connectivity index (χ1v) is 8.73. The van der Waals surface area contributed by atoms with Gasteiger partial charge in [-0.2, -0.15) is 0 Å². The van der Waals surface area contributed by atoms with Crippen molar-refractivity contribution in [1.82, 2.24) is 9.71 Å². The number of hydrogen-bond donors (Lipinski definition) is 1. The van der Waals surface area contributed by atoms with Crippen molar-refractivity contribution in [2.75, 3.05) is 6.26 Å². The summed E-state index contributed by atoms with van der Waals surface area (Å²) in [5.74, 6) is 1.09. The Balaban J connectivity index is 1.80. The maximum Gasteiger partial charge on any atom is 0.213 e. The van der Waals surface area contributed by atoms with Crippen LogP contribution in [0.4, 0.5) is 0 Å². The van der Waals surface area contributed by atoms with E-state index in [1.54, 1.807) is 18.1 Å². The van der Waals surface area contributed by atoms with Crippen LogP contribution in [-0.2, 0) is 11.2 Å². The number of hydrogen-bond acceptors (Lipinski definition) is 5. The number of Topliss-reactive ketones (excluding diaryl/α,β-unsaturated/α-hetero) is 1. The Morgan fingerprint density at radius 3 is 2.95 bits per heavy atom. The largest absolute Gasteiger partial charge is 0.474 e. The summed E-state index contributed by atoms with van der Waals surface area (Å²) < 4.78 is 9.21. The van der Waals surface area contributed by atoms with Gasteiger partial charge in [0.1, 0.15) is 11.9 Å². The number of nitrogens with zero attached hydrogens (tertiary/aromatic N) is 1. The number of pyridine rings is 1. The molecule has 1 aliphatic carbocycles. The van der Waals surface area contributed by atoms with E-state index in [-0.39, 0.29) is 12.0 Å². The lowest BCUT2D eigenvalue weighted by atomic mass is 9.90. The molecule has 5 heteroatoms. The number of carbonyl (C=O) groups is 1. The Morgan fingerprint density at radius 2 is 2.29 bits per heavy atom. The van der Waals surface area contributed by atoms with E-state index in [9.17, 15) is 4.79 Å². The number of ketones is 1. The van der Waals surface area contributed by atoms with Gasteiger partial charge in [0.2, 0.25) is 5.88 Å². The van der Waals surface area contributed by atoms with Crippen LogP contribution in [0.3, 0.4) is 0 Å². The van der Waals surface area contributed by atoms with Gasteiger partial charge in [0.15, 0.2) is 0 Å². The van der Waals surface area contributed by atoms with Gasteiger partial charge in [-0.1, -0.05) is 25.8 Å². The summed E-state index contributed by atoms with van der Waals surface area (Å²) in [6.07, 6.45) is 7.46. The van der Waals surface area contributed by atoms with Crippen LogP contribution in [0.2, 0.25) is 0 Å². The second-order valence-electron chi connectivity index (χ2n) is 5.85. The molecular formula is C16H24N2O2S. The van der Waals surface area contributed by atoms with Crippen LogP contribution < -0.4 is 9.46 Å². The smallest absolute Gasteiger partial charge is 0.213 e. The van der Waals surface area contributed by atoms with E-state index in [0.29, 0.717) is 24.1 Å². The summed E-state index contributed by atoms with van der Waals surface area (Å²) in [7, 11) is 0. The quantitative estimate of drug-likeness (QED) is 0.748. The van der Waals surface area contributed by atoms with E-state index < -0.39 is 0 Å². The van der Waals surface area contributed by atoms with Crippen molar-refractivity contribution in [3.8, 4) is 5.88 Å². The fraction of sp³-hybridized carbons (Fsp3) is 0.625. The molecule has 21 heavy (non-hydrogen) atoms. The average molecular weight is 308 g/mol. The first-order chi connectivity index (χ1) is 10.1. The zero-order valence-corrected chi connectivity index (χ0v) is 13.8. The van der Waals surface area contributed by atoms with Crippen LogP contribution in [-0.4, -0.2) is 29.2 Å². The van der Waals surface area contributed by atoms with Crippen molar-refractivity contribution in [3.63, 3.8) is 0 Å². The second-order valence-corrected chi connectivity index (χ2v) is 6.50. The van der Waals surface area contributed by atoms with Gasteiger partial charge in [-0.25, -0.2) is 4.98 Å². The highest BCUT2D eigenvalue weighted by molar-refractivity contribution is 7.96. The Bertz CT molecular complexity index is 473. The third kappa shape index (κ3) is 5.00. The van der Waals surface area contributed by atoms with Gasteiger partial charge >= 0.3 is 0 Å². The Kier molecular flexibility index (Phi) is 6.06. The molecule has 1 aliphatic rings. The lowest BCUT2D eigenvalue weighted by Gasteiger charge is -2.34. The fourth-order valence-corrected chi connectivity index (χ4v) is 2.85. The van der Waals surface area contributed by atoms with Crippen LogP contribution in [0, 0.1) is 5.92 Å². The predicted octanol–water partition coefficient (Wildman–Crippen LogP) is 3.02. The van der Waals surface area contributed by atoms with Gasteiger partial charge in [0, 0.05) is 43.5 Å². The highest BCUT2D eigenvalue weighted by Gasteiger charge is 2.30. The monoisotopic (exact) mass is 308 g/mol. The molecule has 1 N–H and O–H groups in total. The van der Waals surface area contributed by atoms with Crippen molar-refractivity contribution in [2.45, 2.75) is 51.7 Å². The average Bonchev–Trinajstić information content (AvgIpc) is 2.43. The molecule has 1 saturated carbocycles. The third-order valence-electron chi connectivity index (χ3n) is 3.77. The highest BCUT2D eigenvalue weighted by atomic mass is 32.2. The van der Waals surface area contributed by atoms with Crippen LogP contribution in [0.1, 0.15) is 38.7 Å². The molecule has 0 radical (unpaired) electrons. The van der Waals surface area contributed by atoms with Gasteiger partial charge < -0.3 is 4.74 Å². The van der Waals surface area contributed by atoms with Crippen molar-refractivity contribution < 1.29 is 9.53 Å². The van der Waals surface area contributed by atoms with E-state index in [2.05, 4.69) is 9.71 Å². The number of carbonyl (C=O) groups excluding carboxylic acids is 1. The lowest BCUT2D eigenvalue weighted by molar-refractivity contribution is -0.121. The minimum atomic E-state index is 0.110. The molecule has 4 nitrogen and oxygen atoms in total. The number of ether oxygens (including phenoxy) is 1. The Labute approximate surface area is 131 Å². The zero-order chi connectivity index (χ0) is 15.2. The first-order valence-electron chi connectivity index (χ1n) is 7.51. The van der Waals surface area contributed by atoms with E-state index in [1.165, 1.54) is 0 Å². The van der Waals surface area contributed by atoms with Gasteiger partial charge in [0.05, 0.1) is 0 Å². The molecule has 0 unspecified atom stereocenters. The maximum absolute atomic E-state index is 11.7. The van der Waals surface area contributed by atoms with Crippen LogP contribution in [0.5, 0.6) is 5.88 Å². The van der Waals surface area contributed by atoms with Gasteiger partial charge in [-0.3, -0.25) is 9.52 Å².